The maximum atomic E-state index is 6.17. The minimum absolute atomic E-state index is 0.319. The molecular formula is C30H46ClN3. The monoisotopic (exact) mass is 483 g/mol. The summed E-state index contributed by atoms with van der Waals surface area (Å²) in [6.45, 7) is 14.1. The Bertz CT molecular complexity index is 834. The fourth-order valence-corrected chi connectivity index (χ4v) is 6.82. The molecule has 0 radical (unpaired) electrons. The molecule has 0 bridgehead atoms. The van der Waals surface area contributed by atoms with Gasteiger partial charge in [-0.3, -0.25) is 4.99 Å². The lowest BCUT2D eigenvalue weighted by atomic mass is 9.66. The summed E-state index contributed by atoms with van der Waals surface area (Å²) < 4.78 is 0. The minimum Gasteiger partial charge on any atom is -0.309 e. The number of hydrogen-bond donors (Lipinski definition) is 1. The molecule has 4 aliphatic rings. The summed E-state index contributed by atoms with van der Waals surface area (Å²) in [5, 5.41) is 4.77. The summed E-state index contributed by atoms with van der Waals surface area (Å²) in [6, 6.07) is 0.972. The lowest BCUT2D eigenvalue weighted by Gasteiger charge is -2.48. The quantitative estimate of drug-likeness (QED) is 0.385. The molecule has 0 aromatic rings. The van der Waals surface area contributed by atoms with Gasteiger partial charge in [-0.15, -0.1) is 0 Å². The van der Waals surface area contributed by atoms with Crippen molar-refractivity contribution in [2.75, 3.05) is 26.2 Å². The van der Waals surface area contributed by atoms with Crippen LogP contribution in [0.2, 0.25) is 0 Å². The van der Waals surface area contributed by atoms with Gasteiger partial charge in [0.15, 0.2) is 0 Å². The van der Waals surface area contributed by atoms with Gasteiger partial charge < -0.3 is 10.2 Å². The fraction of sp³-hybridized carbons (Fsp3) is 0.700. The van der Waals surface area contributed by atoms with Crippen molar-refractivity contribution >= 4 is 17.8 Å². The minimum atomic E-state index is 0.319. The Kier molecular flexibility index (Phi) is 8.93. The third-order valence-electron chi connectivity index (χ3n) is 8.64. The second kappa shape index (κ2) is 11.7. The zero-order valence-corrected chi connectivity index (χ0v) is 22.6. The molecule has 0 spiro atoms. The highest BCUT2D eigenvalue weighted by atomic mass is 35.5. The van der Waals surface area contributed by atoms with Gasteiger partial charge >= 0.3 is 0 Å². The van der Waals surface area contributed by atoms with Crippen LogP contribution in [0.5, 0.6) is 0 Å². The van der Waals surface area contributed by atoms with Crippen molar-refractivity contribution in [3.63, 3.8) is 0 Å². The number of allylic oxidation sites excluding steroid dienone is 6. The second-order valence-electron chi connectivity index (χ2n) is 12.0. The number of rotatable bonds is 8. The molecule has 34 heavy (non-hydrogen) atoms. The summed E-state index contributed by atoms with van der Waals surface area (Å²) in [7, 11) is 0. The summed E-state index contributed by atoms with van der Waals surface area (Å²) >= 11 is 6.17. The molecule has 2 aliphatic heterocycles. The van der Waals surface area contributed by atoms with Gasteiger partial charge in [0.05, 0.1) is 6.04 Å². The predicted molar refractivity (Wildman–Crippen MR) is 148 cm³/mol. The number of aliphatic imine (C=N–C) groups is 1. The Hall–Kier alpha value is -1.16. The molecule has 188 valence electrons. The molecule has 4 heteroatoms. The van der Waals surface area contributed by atoms with Crippen LogP contribution >= 0.6 is 11.6 Å². The van der Waals surface area contributed by atoms with Crippen LogP contribution < -0.4 is 5.32 Å². The van der Waals surface area contributed by atoms with E-state index >= 15 is 0 Å². The highest BCUT2D eigenvalue weighted by molar-refractivity contribution is 6.31. The number of piperidine rings is 1. The van der Waals surface area contributed by atoms with E-state index in [4.69, 9.17) is 16.6 Å². The van der Waals surface area contributed by atoms with Crippen LogP contribution in [0.1, 0.15) is 66.2 Å². The van der Waals surface area contributed by atoms with Crippen molar-refractivity contribution in [2.24, 2.45) is 34.1 Å². The predicted octanol–water partition coefficient (Wildman–Crippen LogP) is 6.77. The molecule has 2 aliphatic carbocycles. The average Bonchev–Trinajstić information content (AvgIpc) is 2.81. The van der Waals surface area contributed by atoms with Crippen molar-refractivity contribution < 1.29 is 0 Å². The van der Waals surface area contributed by atoms with E-state index in [9.17, 15) is 0 Å². The molecule has 3 nitrogen and oxygen atoms in total. The zero-order valence-electron chi connectivity index (χ0n) is 21.8. The molecule has 2 heterocycles. The van der Waals surface area contributed by atoms with Gasteiger partial charge in [0, 0.05) is 42.8 Å². The van der Waals surface area contributed by atoms with Crippen LogP contribution in [0.15, 0.2) is 52.1 Å². The molecule has 0 saturated carbocycles. The Morgan fingerprint density at radius 3 is 2.82 bits per heavy atom. The summed E-state index contributed by atoms with van der Waals surface area (Å²) in [6.07, 6.45) is 23.3. The number of fused-ring (bicyclic) bond motifs is 1. The standard InChI is InChI=1S/C30H46ClN3/c1-22(2)29(32-17-7-8-23-15-18-33-28-10-6-5-9-26(23)28)20-34-19-16-27(30(3,4)21-34)24-11-13-25(31)14-12-24/h7-9,11,13-14,18,22-24,27-29,32H,5-6,10,12,15-17,19-21H2,1-4H3/b8-7+/t23?,24?,27?,28?,29-/m0/s1. The Morgan fingerprint density at radius 1 is 1.24 bits per heavy atom. The van der Waals surface area contributed by atoms with Crippen LogP contribution in [-0.4, -0.2) is 49.4 Å². The molecule has 1 saturated heterocycles. The summed E-state index contributed by atoms with van der Waals surface area (Å²) in [4.78, 5) is 7.45. The van der Waals surface area contributed by atoms with Crippen molar-refractivity contribution in [3.8, 4) is 0 Å². The molecule has 0 aromatic carbocycles. The van der Waals surface area contributed by atoms with E-state index in [1.807, 2.05) is 0 Å². The molecule has 0 aromatic heterocycles. The van der Waals surface area contributed by atoms with Crippen molar-refractivity contribution in [3.05, 3.63) is 47.1 Å². The van der Waals surface area contributed by atoms with E-state index in [0.717, 1.165) is 36.9 Å². The lowest BCUT2D eigenvalue weighted by molar-refractivity contribution is 0.0255. The number of halogens is 1. The van der Waals surface area contributed by atoms with E-state index in [1.165, 1.54) is 38.8 Å². The molecule has 0 amide bonds. The Balaban J connectivity index is 1.27. The largest absolute Gasteiger partial charge is 0.309 e. The lowest BCUT2D eigenvalue weighted by Crippen LogP contribution is -2.52. The number of hydrogen-bond acceptors (Lipinski definition) is 3. The van der Waals surface area contributed by atoms with E-state index in [2.05, 4.69) is 80.6 Å². The number of nitrogens with zero attached hydrogens (tertiary/aromatic N) is 2. The van der Waals surface area contributed by atoms with Crippen LogP contribution in [-0.2, 0) is 0 Å². The number of likely N-dealkylation sites (tertiary alicyclic amines) is 1. The van der Waals surface area contributed by atoms with E-state index in [0.29, 0.717) is 35.3 Å². The first-order valence-electron chi connectivity index (χ1n) is 13.7. The van der Waals surface area contributed by atoms with E-state index in [-0.39, 0.29) is 0 Å². The van der Waals surface area contributed by atoms with E-state index < -0.39 is 0 Å². The van der Waals surface area contributed by atoms with Crippen molar-refractivity contribution in [1.29, 1.82) is 0 Å². The third kappa shape index (κ3) is 6.53. The second-order valence-corrected chi connectivity index (χ2v) is 12.4. The maximum Gasteiger partial charge on any atom is 0.0711 e. The topological polar surface area (TPSA) is 27.6 Å². The Labute approximate surface area is 213 Å². The van der Waals surface area contributed by atoms with Gasteiger partial charge in [0.1, 0.15) is 0 Å². The van der Waals surface area contributed by atoms with E-state index in [1.54, 1.807) is 5.57 Å². The first kappa shape index (κ1) is 25.9. The molecule has 1 N–H and O–H groups in total. The van der Waals surface area contributed by atoms with Crippen LogP contribution in [0.3, 0.4) is 0 Å². The molecule has 4 unspecified atom stereocenters. The van der Waals surface area contributed by atoms with Crippen LogP contribution in [0.4, 0.5) is 0 Å². The summed E-state index contributed by atoms with van der Waals surface area (Å²) in [5.41, 5.74) is 1.89. The zero-order chi connectivity index (χ0) is 24.1. The Morgan fingerprint density at radius 2 is 2.09 bits per heavy atom. The van der Waals surface area contributed by atoms with Crippen molar-refractivity contribution in [2.45, 2.75) is 78.3 Å². The first-order valence-corrected chi connectivity index (χ1v) is 14.1. The van der Waals surface area contributed by atoms with Gasteiger partial charge in [0.2, 0.25) is 0 Å². The molecule has 5 atom stereocenters. The highest BCUT2D eigenvalue weighted by Gasteiger charge is 2.40. The van der Waals surface area contributed by atoms with Crippen molar-refractivity contribution in [1.82, 2.24) is 10.2 Å². The van der Waals surface area contributed by atoms with Gasteiger partial charge in [-0.05, 0) is 79.9 Å². The van der Waals surface area contributed by atoms with Gasteiger partial charge in [-0.25, -0.2) is 0 Å². The van der Waals surface area contributed by atoms with Gasteiger partial charge in [0.25, 0.3) is 0 Å². The molecule has 1 fully saturated rings. The van der Waals surface area contributed by atoms with Crippen LogP contribution in [0, 0.1) is 29.1 Å². The summed E-state index contributed by atoms with van der Waals surface area (Å²) in [5.74, 6) is 2.54. The highest BCUT2D eigenvalue weighted by Crippen LogP contribution is 2.43. The SMILES string of the molecule is CC(C)[C@H](CN1CCC(C2C=CC(Cl)=CC2)C(C)(C)C1)NC/C=C/C1CC=NC2CCCC=C12. The van der Waals surface area contributed by atoms with Gasteiger partial charge in [-0.1, -0.05) is 69.7 Å². The number of nitrogens with one attached hydrogen (secondary N) is 1. The smallest absolute Gasteiger partial charge is 0.0711 e. The third-order valence-corrected chi connectivity index (χ3v) is 8.92. The fourth-order valence-electron chi connectivity index (χ4n) is 6.65. The molecule has 4 rings (SSSR count). The first-order chi connectivity index (χ1) is 16.3. The average molecular weight is 484 g/mol. The normalized spacial score (nSPS) is 32.5. The van der Waals surface area contributed by atoms with Gasteiger partial charge in [-0.2, -0.15) is 0 Å². The van der Waals surface area contributed by atoms with Crippen LogP contribution in [0.25, 0.3) is 0 Å². The maximum absolute atomic E-state index is 6.17. The molecular weight excluding hydrogens is 438 g/mol.